The van der Waals surface area contributed by atoms with E-state index < -0.39 is 15.3 Å². The molecule has 1 aromatic heterocycles. The van der Waals surface area contributed by atoms with Gasteiger partial charge in [0.05, 0.1) is 5.25 Å². The molecule has 1 saturated heterocycles. The molecule has 136 valence electrons. The van der Waals surface area contributed by atoms with Gasteiger partial charge in [-0.25, -0.2) is 13.1 Å². The summed E-state index contributed by atoms with van der Waals surface area (Å²) in [6, 6.07) is 9.34. The van der Waals surface area contributed by atoms with Crippen molar-refractivity contribution in [3.05, 3.63) is 36.1 Å². The molecule has 1 aliphatic rings. The summed E-state index contributed by atoms with van der Waals surface area (Å²) in [4.78, 5) is 14.4. The van der Waals surface area contributed by atoms with Crippen LogP contribution in [0.4, 0.5) is 0 Å². The van der Waals surface area contributed by atoms with Crippen LogP contribution in [0.1, 0.15) is 37.2 Å². The minimum absolute atomic E-state index is 0.0996. The SMILES string of the molecule is CC(C)S(=O)(=O)NCC1CCN(C(=O)c2cc3ccccc3o2)CC1. The summed E-state index contributed by atoms with van der Waals surface area (Å²) in [6.07, 6.45) is 1.57. The van der Waals surface area contributed by atoms with Gasteiger partial charge >= 0.3 is 0 Å². The zero-order valence-electron chi connectivity index (χ0n) is 14.6. The van der Waals surface area contributed by atoms with Crippen LogP contribution in [-0.2, 0) is 10.0 Å². The number of nitrogens with one attached hydrogen (secondary N) is 1. The van der Waals surface area contributed by atoms with Crippen molar-refractivity contribution in [2.75, 3.05) is 19.6 Å². The van der Waals surface area contributed by atoms with Crippen LogP contribution in [0, 0.1) is 5.92 Å². The van der Waals surface area contributed by atoms with Crippen molar-refractivity contribution in [2.45, 2.75) is 31.9 Å². The monoisotopic (exact) mass is 364 g/mol. The van der Waals surface area contributed by atoms with Gasteiger partial charge in [0, 0.05) is 25.0 Å². The summed E-state index contributed by atoms with van der Waals surface area (Å²) in [7, 11) is -3.23. The maximum absolute atomic E-state index is 12.6. The number of piperidine rings is 1. The zero-order valence-corrected chi connectivity index (χ0v) is 15.4. The van der Waals surface area contributed by atoms with Crippen molar-refractivity contribution in [3.63, 3.8) is 0 Å². The number of nitrogens with zero attached hydrogens (tertiary/aromatic N) is 1. The number of fused-ring (bicyclic) bond motifs is 1. The van der Waals surface area contributed by atoms with Crippen LogP contribution < -0.4 is 4.72 Å². The van der Waals surface area contributed by atoms with Crippen molar-refractivity contribution in [2.24, 2.45) is 5.92 Å². The molecule has 0 aliphatic carbocycles. The van der Waals surface area contributed by atoms with Crippen LogP contribution in [0.3, 0.4) is 0 Å². The highest BCUT2D eigenvalue weighted by Crippen LogP contribution is 2.23. The smallest absolute Gasteiger partial charge is 0.289 e. The van der Waals surface area contributed by atoms with Crippen molar-refractivity contribution >= 4 is 26.9 Å². The summed E-state index contributed by atoms with van der Waals surface area (Å²) in [5.74, 6) is 0.519. The fraction of sp³-hybridized carbons (Fsp3) is 0.500. The Labute approximate surface area is 148 Å². The number of rotatable bonds is 5. The van der Waals surface area contributed by atoms with Crippen LogP contribution in [0.15, 0.2) is 34.7 Å². The molecule has 0 spiro atoms. The van der Waals surface area contributed by atoms with E-state index in [-0.39, 0.29) is 11.8 Å². The Bertz CT molecular complexity index is 816. The number of carbonyl (C=O) groups excluding carboxylic acids is 1. The average Bonchev–Trinajstić information content (AvgIpc) is 3.04. The summed E-state index contributed by atoms with van der Waals surface area (Å²) >= 11 is 0. The largest absolute Gasteiger partial charge is 0.451 e. The molecule has 3 rings (SSSR count). The number of para-hydroxylation sites is 1. The van der Waals surface area contributed by atoms with Crippen molar-refractivity contribution in [1.82, 2.24) is 9.62 Å². The van der Waals surface area contributed by atoms with Gasteiger partial charge in [-0.1, -0.05) is 18.2 Å². The number of benzene rings is 1. The van der Waals surface area contributed by atoms with E-state index in [1.54, 1.807) is 24.8 Å². The number of amides is 1. The second-order valence-corrected chi connectivity index (χ2v) is 9.15. The number of likely N-dealkylation sites (tertiary alicyclic amines) is 1. The van der Waals surface area contributed by atoms with E-state index in [2.05, 4.69) is 4.72 Å². The lowest BCUT2D eigenvalue weighted by molar-refractivity contribution is 0.0662. The van der Waals surface area contributed by atoms with E-state index in [0.29, 0.717) is 31.0 Å². The lowest BCUT2D eigenvalue weighted by Gasteiger charge is -2.31. The van der Waals surface area contributed by atoms with Crippen LogP contribution in [0.5, 0.6) is 0 Å². The molecule has 7 heteroatoms. The third-order valence-corrected chi connectivity index (χ3v) is 6.54. The maximum atomic E-state index is 12.6. The zero-order chi connectivity index (χ0) is 18.0. The second kappa shape index (κ2) is 7.17. The average molecular weight is 364 g/mol. The van der Waals surface area contributed by atoms with Crippen molar-refractivity contribution < 1.29 is 17.6 Å². The second-order valence-electron chi connectivity index (χ2n) is 6.83. The molecule has 1 aliphatic heterocycles. The third kappa shape index (κ3) is 4.04. The highest BCUT2D eigenvalue weighted by molar-refractivity contribution is 7.90. The lowest BCUT2D eigenvalue weighted by atomic mass is 9.97. The molecule has 1 N–H and O–H groups in total. The number of furan rings is 1. The predicted octanol–water partition coefficient (Wildman–Crippen LogP) is 2.61. The third-order valence-electron chi connectivity index (χ3n) is 4.73. The van der Waals surface area contributed by atoms with Crippen LogP contribution in [0.2, 0.25) is 0 Å². The van der Waals surface area contributed by atoms with Crippen LogP contribution >= 0.6 is 0 Å². The normalized spacial score (nSPS) is 16.7. The van der Waals surface area contributed by atoms with Gasteiger partial charge in [-0.2, -0.15) is 0 Å². The molecule has 6 nitrogen and oxygen atoms in total. The van der Waals surface area contributed by atoms with E-state index in [0.717, 1.165) is 18.2 Å². The van der Waals surface area contributed by atoms with E-state index >= 15 is 0 Å². The lowest BCUT2D eigenvalue weighted by Crippen LogP contribution is -2.42. The van der Waals surface area contributed by atoms with Gasteiger partial charge in [0.25, 0.3) is 5.91 Å². The first kappa shape index (κ1) is 17.9. The molecule has 2 aromatic rings. The fourth-order valence-corrected chi connectivity index (χ4v) is 3.79. The van der Waals surface area contributed by atoms with E-state index in [4.69, 9.17) is 4.42 Å². The van der Waals surface area contributed by atoms with Crippen LogP contribution in [-0.4, -0.2) is 44.1 Å². The molecule has 1 aromatic carbocycles. The first-order chi connectivity index (χ1) is 11.9. The topological polar surface area (TPSA) is 79.6 Å². The molecular formula is C18H24N2O4S. The maximum Gasteiger partial charge on any atom is 0.289 e. The minimum atomic E-state index is -3.23. The Kier molecular flexibility index (Phi) is 5.15. The molecule has 0 bridgehead atoms. The van der Waals surface area contributed by atoms with E-state index in [9.17, 15) is 13.2 Å². The highest BCUT2D eigenvalue weighted by Gasteiger charge is 2.27. The molecule has 2 heterocycles. The summed E-state index contributed by atoms with van der Waals surface area (Å²) in [5, 5.41) is 0.492. The Morgan fingerprint density at radius 1 is 1.28 bits per heavy atom. The van der Waals surface area contributed by atoms with Crippen molar-refractivity contribution in [3.8, 4) is 0 Å². The quantitative estimate of drug-likeness (QED) is 0.884. The van der Waals surface area contributed by atoms with Crippen molar-refractivity contribution in [1.29, 1.82) is 0 Å². The predicted molar refractivity (Wildman–Crippen MR) is 96.9 cm³/mol. The molecular weight excluding hydrogens is 340 g/mol. The van der Waals surface area contributed by atoms with Gasteiger partial charge in [0.1, 0.15) is 5.58 Å². The summed E-state index contributed by atoms with van der Waals surface area (Å²) in [5.41, 5.74) is 0.712. The molecule has 0 radical (unpaired) electrons. The molecule has 0 atom stereocenters. The standard InChI is InChI=1S/C18H24N2O4S/c1-13(2)25(22,23)19-12-14-7-9-20(10-8-14)18(21)17-11-15-5-3-4-6-16(15)24-17/h3-6,11,13-14,19H,7-10,12H2,1-2H3. The Morgan fingerprint density at radius 2 is 1.96 bits per heavy atom. The molecule has 0 saturated carbocycles. The Morgan fingerprint density at radius 3 is 2.60 bits per heavy atom. The highest BCUT2D eigenvalue weighted by atomic mass is 32.2. The van der Waals surface area contributed by atoms with Gasteiger partial charge < -0.3 is 9.32 Å². The van der Waals surface area contributed by atoms with Gasteiger partial charge in [-0.05, 0) is 44.7 Å². The molecule has 0 unspecified atom stereocenters. The fourth-order valence-electron chi connectivity index (χ4n) is 2.98. The number of hydrogen-bond acceptors (Lipinski definition) is 4. The summed E-state index contributed by atoms with van der Waals surface area (Å²) in [6.45, 7) is 5.00. The summed E-state index contributed by atoms with van der Waals surface area (Å²) < 4.78 is 32.0. The number of hydrogen-bond donors (Lipinski definition) is 1. The van der Waals surface area contributed by atoms with Gasteiger partial charge in [-0.15, -0.1) is 0 Å². The number of sulfonamides is 1. The number of carbonyl (C=O) groups is 1. The Balaban J connectivity index is 1.56. The first-order valence-electron chi connectivity index (χ1n) is 8.63. The van der Waals surface area contributed by atoms with Gasteiger partial charge in [0.15, 0.2) is 5.76 Å². The Hall–Kier alpha value is -1.86. The molecule has 25 heavy (non-hydrogen) atoms. The first-order valence-corrected chi connectivity index (χ1v) is 10.2. The van der Waals surface area contributed by atoms with Crippen LogP contribution in [0.25, 0.3) is 11.0 Å². The van der Waals surface area contributed by atoms with E-state index in [1.807, 2.05) is 24.3 Å². The molecule has 1 fully saturated rings. The van der Waals surface area contributed by atoms with E-state index in [1.165, 1.54) is 0 Å². The minimum Gasteiger partial charge on any atom is -0.451 e. The van der Waals surface area contributed by atoms with Gasteiger partial charge in [-0.3, -0.25) is 4.79 Å². The van der Waals surface area contributed by atoms with Gasteiger partial charge in [0.2, 0.25) is 10.0 Å². The molecule has 1 amide bonds.